The second kappa shape index (κ2) is 4.45. The summed E-state index contributed by atoms with van der Waals surface area (Å²) in [5.74, 6) is 2.52. The van der Waals surface area contributed by atoms with Crippen LogP contribution in [0.3, 0.4) is 0 Å². The summed E-state index contributed by atoms with van der Waals surface area (Å²) in [6.45, 7) is 5.35. The van der Waals surface area contributed by atoms with Gasteiger partial charge in [0.05, 0.1) is 12.1 Å². The van der Waals surface area contributed by atoms with E-state index in [9.17, 15) is 4.79 Å². The number of amides is 1. The first kappa shape index (κ1) is 12.4. The van der Waals surface area contributed by atoms with Crippen molar-refractivity contribution in [3.05, 3.63) is 0 Å². The average Bonchev–Trinajstić information content (AvgIpc) is 2.57. The third-order valence-electron chi connectivity index (χ3n) is 2.33. The van der Waals surface area contributed by atoms with Crippen LogP contribution in [0, 0.1) is 23.7 Å². The molecule has 16 heavy (non-hydrogen) atoms. The smallest absolute Gasteiger partial charge is 0.412 e. The van der Waals surface area contributed by atoms with Gasteiger partial charge >= 0.3 is 6.09 Å². The maximum absolute atomic E-state index is 11.9. The molecule has 86 valence electrons. The maximum atomic E-state index is 11.9. The summed E-state index contributed by atoms with van der Waals surface area (Å²) in [5, 5.41) is 8.93. The molecule has 1 saturated heterocycles. The lowest BCUT2D eigenvalue weighted by Gasteiger charge is -2.28. The monoisotopic (exact) mass is 220 g/mol. The van der Waals surface area contributed by atoms with Crippen molar-refractivity contribution >= 4 is 6.09 Å². The van der Waals surface area contributed by atoms with Crippen LogP contribution in [0.15, 0.2) is 0 Å². The maximum Gasteiger partial charge on any atom is 0.412 e. The molecule has 0 spiro atoms. The zero-order valence-electron chi connectivity index (χ0n) is 9.86. The minimum Gasteiger partial charge on any atom is -0.444 e. The van der Waals surface area contributed by atoms with Crippen LogP contribution in [-0.2, 0) is 4.74 Å². The zero-order chi connectivity index (χ0) is 12.3. The molecule has 0 bridgehead atoms. The van der Waals surface area contributed by atoms with Gasteiger partial charge in [0.1, 0.15) is 11.6 Å². The first-order valence-electron chi connectivity index (χ1n) is 5.26. The molecule has 0 aromatic heterocycles. The van der Waals surface area contributed by atoms with Crippen molar-refractivity contribution in [2.75, 3.05) is 0 Å². The van der Waals surface area contributed by atoms with E-state index >= 15 is 0 Å². The minimum atomic E-state index is -0.571. The standard InChI is InChI=1S/C12H16N2O2/c1-5-9-6-7-10(8-13)14(9)11(15)16-12(2,3)4/h1,9-10H,6-7H2,2-4H3. The van der Waals surface area contributed by atoms with E-state index in [1.807, 2.05) is 0 Å². The largest absolute Gasteiger partial charge is 0.444 e. The molecule has 1 amide bonds. The van der Waals surface area contributed by atoms with Gasteiger partial charge in [0.2, 0.25) is 0 Å². The van der Waals surface area contributed by atoms with E-state index in [-0.39, 0.29) is 6.04 Å². The third-order valence-corrected chi connectivity index (χ3v) is 2.33. The van der Waals surface area contributed by atoms with Crippen molar-refractivity contribution in [1.82, 2.24) is 4.90 Å². The Hall–Kier alpha value is -1.68. The Labute approximate surface area is 96.2 Å². The van der Waals surface area contributed by atoms with Crippen molar-refractivity contribution in [3.8, 4) is 18.4 Å². The molecular formula is C12H16N2O2. The van der Waals surface area contributed by atoms with Crippen LogP contribution in [0.1, 0.15) is 33.6 Å². The Morgan fingerprint density at radius 1 is 1.44 bits per heavy atom. The van der Waals surface area contributed by atoms with Gasteiger partial charge in [0.15, 0.2) is 0 Å². The second-order valence-electron chi connectivity index (χ2n) is 4.79. The SMILES string of the molecule is C#CC1CCC(C#N)N1C(=O)OC(C)(C)C. The van der Waals surface area contributed by atoms with Crippen LogP contribution in [0.2, 0.25) is 0 Å². The first-order chi connectivity index (χ1) is 7.39. The summed E-state index contributed by atoms with van der Waals surface area (Å²) in [6.07, 6.45) is 6.11. The van der Waals surface area contributed by atoms with Gasteiger partial charge in [0, 0.05) is 0 Å². The molecule has 4 nitrogen and oxygen atoms in total. The van der Waals surface area contributed by atoms with Crippen molar-refractivity contribution < 1.29 is 9.53 Å². The highest BCUT2D eigenvalue weighted by atomic mass is 16.6. The van der Waals surface area contributed by atoms with E-state index in [1.54, 1.807) is 20.8 Å². The molecule has 0 radical (unpaired) electrons. The summed E-state index contributed by atoms with van der Waals surface area (Å²) in [6, 6.07) is 1.29. The Morgan fingerprint density at radius 3 is 2.44 bits per heavy atom. The van der Waals surface area contributed by atoms with Gasteiger partial charge in [-0.1, -0.05) is 5.92 Å². The Balaban J connectivity index is 2.80. The number of hydrogen-bond donors (Lipinski definition) is 0. The van der Waals surface area contributed by atoms with Crippen molar-refractivity contribution in [1.29, 1.82) is 5.26 Å². The van der Waals surface area contributed by atoms with Crippen LogP contribution in [-0.4, -0.2) is 28.7 Å². The van der Waals surface area contributed by atoms with E-state index in [2.05, 4.69) is 12.0 Å². The number of likely N-dealkylation sites (tertiary alicyclic amines) is 1. The van der Waals surface area contributed by atoms with Crippen LogP contribution in [0.5, 0.6) is 0 Å². The quantitative estimate of drug-likeness (QED) is 0.586. The fraction of sp³-hybridized carbons (Fsp3) is 0.667. The van der Waals surface area contributed by atoms with Gasteiger partial charge in [-0.05, 0) is 33.6 Å². The van der Waals surface area contributed by atoms with Crippen LogP contribution in [0.25, 0.3) is 0 Å². The lowest BCUT2D eigenvalue weighted by Crippen LogP contribution is -2.43. The van der Waals surface area contributed by atoms with Gasteiger partial charge in [-0.15, -0.1) is 6.42 Å². The number of ether oxygens (including phenoxy) is 1. The van der Waals surface area contributed by atoms with Crippen molar-refractivity contribution in [2.45, 2.75) is 51.3 Å². The molecular weight excluding hydrogens is 204 g/mol. The van der Waals surface area contributed by atoms with Crippen molar-refractivity contribution in [3.63, 3.8) is 0 Å². The van der Waals surface area contributed by atoms with E-state index in [4.69, 9.17) is 16.4 Å². The summed E-state index contributed by atoms with van der Waals surface area (Å²) < 4.78 is 5.23. The normalized spacial score (nSPS) is 24.7. The number of hydrogen-bond acceptors (Lipinski definition) is 3. The molecule has 0 saturated carbocycles. The highest BCUT2D eigenvalue weighted by Crippen LogP contribution is 2.25. The molecule has 1 rings (SSSR count). The Morgan fingerprint density at radius 2 is 2.00 bits per heavy atom. The fourth-order valence-electron chi connectivity index (χ4n) is 1.67. The lowest BCUT2D eigenvalue weighted by atomic mass is 10.2. The summed E-state index contributed by atoms with van der Waals surface area (Å²) >= 11 is 0. The van der Waals surface area contributed by atoms with E-state index in [1.165, 1.54) is 4.90 Å². The summed E-state index contributed by atoms with van der Waals surface area (Å²) in [4.78, 5) is 13.2. The van der Waals surface area contributed by atoms with Gasteiger partial charge in [-0.3, -0.25) is 4.90 Å². The van der Waals surface area contributed by atoms with E-state index in [0.29, 0.717) is 12.8 Å². The molecule has 1 heterocycles. The summed E-state index contributed by atoms with van der Waals surface area (Å²) in [5.41, 5.74) is -0.571. The predicted octanol–water partition coefficient (Wildman–Crippen LogP) is 1.91. The van der Waals surface area contributed by atoms with Gasteiger partial charge in [-0.25, -0.2) is 4.79 Å². The van der Waals surface area contributed by atoms with Gasteiger partial charge < -0.3 is 4.74 Å². The summed E-state index contributed by atoms with van der Waals surface area (Å²) in [7, 11) is 0. The number of terminal acetylenes is 1. The van der Waals surface area contributed by atoms with Gasteiger partial charge in [0.25, 0.3) is 0 Å². The molecule has 0 N–H and O–H groups in total. The van der Waals surface area contributed by atoms with Crippen LogP contribution < -0.4 is 0 Å². The number of carbonyl (C=O) groups excluding carboxylic acids is 1. The zero-order valence-corrected chi connectivity index (χ0v) is 9.86. The molecule has 0 aromatic rings. The number of nitrogens with zero attached hydrogens (tertiary/aromatic N) is 2. The van der Waals surface area contributed by atoms with E-state index < -0.39 is 17.7 Å². The first-order valence-corrected chi connectivity index (χ1v) is 5.26. The predicted molar refractivity (Wildman–Crippen MR) is 59.3 cm³/mol. The molecule has 2 atom stereocenters. The Bertz CT molecular complexity index is 335. The fourth-order valence-corrected chi connectivity index (χ4v) is 1.67. The van der Waals surface area contributed by atoms with Gasteiger partial charge in [-0.2, -0.15) is 5.26 Å². The topological polar surface area (TPSA) is 53.3 Å². The molecule has 0 aliphatic carbocycles. The number of rotatable bonds is 0. The highest BCUT2D eigenvalue weighted by Gasteiger charge is 2.38. The number of nitriles is 1. The second-order valence-corrected chi connectivity index (χ2v) is 4.79. The van der Waals surface area contributed by atoms with Crippen molar-refractivity contribution in [2.24, 2.45) is 0 Å². The van der Waals surface area contributed by atoms with Crippen LogP contribution >= 0.6 is 0 Å². The van der Waals surface area contributed by atoms with Crippen LogP contribution in [0.4, 0.5) is 4.79 Å². The minimum absolute atomic E-state index is 0.320. The average molecular weight is 220 g/mol. The van der Waals surface area contributed by atoms with E-state index in [0.717, 1.165) is 0 Å². The lowest BCUT2D eigenvalue weighted by molar-refractivity contribution is 0.0223. The highest BCUT2D eigenvalue weighted by molar-refractivity contribution is 5.70. The molecule has 1 fully saturated rings. The molecule has 0 aromatic carbocycles. The molecule has 4 heteroatoms. The third kappa shape index (κ3) is 2.67. The molecule has 1 aliphatic heterocycles. The molecule has 2 unspecified atom stereocenters. The Kier molecular flexibility index (Phi) is 3.44. The number of carbonyl (C=O) groups is 1. The molecule has 1 aliphatic rings.